The number of thioether (sulfide) groups is 1. The number of aryl methyl sites for hydroxylation is 1. The van der Waals surface area contributed by atoms with Gasteiger partial charge in [0.2, 0.25) is 0 Å². The van der Waals surface area contributed by atoms with Crippen LogP contribution in [0.4, 0.5) is 13.2 Å². The van der Waals surface area contributed by atoms with Crippen molar-refractivity contribution in [1.29, 1.82) is 0 Å². The Labute approximate surface area is 117 Å². The molecule has 108 valence electrons. The SMILES string of the molecule is Cn1cc(-c2cc(C(F)(F)F)nc(SCCN)n2)cn1. The fraction of sp³-hybridized carbons (Fsp3) is 0.364. The smallest absolute Gasteiger partial charge is 0.330 e. The lowest BCUT2D eigenvalue weighted by molar-refractivity contribution is -0.141. The Morgan fingerprint density at radius 1 is 1.35 bits per heavy atom. The van der Waals surface area contributed by atoms with Crippen molar-refractivity contribution < 1.29 is 13.2 Å². The third kappa shape index (κ3) is 3.48. The maximum absolute atomic E-state index is 12.8. The molecule has 2 aromatic rings. The van der Waals surface area contributed by atoms with Gasteiger partial charge in [-0.2, -0.15) is 18.3 Å². The number of hydrogen-bond donors (Lipinski definition) is 1. The standard InChI is InChI=1S/C11H12F3N5S/c1-19-6-7(5-16-19)8-4-9(11(12,13)14)18-10(17-8)20-3-2-15/h4-6H,2-3,15H2,1H3. The van der Waals surface area contributed by atoms with Crippen LogP contribution in [-0.2, 0) is 13.2 Å². The van der Waals surface area contributed by atoms with Crippen LogP contribution in [0.3, 0.4) is 0 Å². The van der Waals surface area contributed by atoms with Crippen LogP contribution < -0.4 is 5.73 Å². The number of aromatic nitrogens is 4. The van der Waals surface area contributed by atoms with Crippen LogP contribution in [0, 0.1) is 0 Å². The third-order valence-corrected chi connectivity index (χ3v) is 3.23. The molecule has 2 aromatic heterocycles. The summed E-state index contributed by atoms with van der Waals surface area (Å²) < 4.78 is 40.0. The summed E-state index contributed by atoms with van der Waals surface area (Å²) in [4.78, 5) is 7.63. The van der Waals surface area contributed by atoms with E-state index in [0.717, 1.165) is 17.8 Å². The number of alkyl halides is 3. The molecule has 0 unspecified atom stereocenters. The second-order valence-electron chi connectivity index (χ2n) is 3.96. The highest BCUT2D eigenvalue weighted by atomic mass is 32.2. The number of rotatable bonds is 4. The Morgan fingerprint density at radius 2 is 2.10 bits per heavy atom. The van der Waals surface area contributed by atoms with Crippen LogP contribution in [-0.4, -0.2) is 32.0 Å². The van der Waals surface area contributed by atoms with Gasteiger partial charge < -0.3 is 5.73 Å². The van der Waals surface area contributed by atoms with E-state index in [9.17, 15) is 13.2 Å². The van der Waals surface area contributed by atoms with Gasteiger partial charge in [0, 0.05) is 31.1 Å². The van der Waals surface area contributed by atoms with Gasteiger partial charge in [-0.1, -0.05) is 11.8 Å². The summed E-state index contributed by atoms with van der Waals surface area (Å²) in [5, 5.41) is 3.98. The summed E-state index contributed by atoms with van der Waals surface area (Å²) in [6, 6.07) is 0.920. The quantitative estimate of drug-likeness (QED) is 0.690. The fourth-order valence-corrected chi connectivity index (χ4v) is 2.11. The summed E-state index contributed by atoms with van der Waals surface area (Å²) in [6.07, 6.45) is -1.46. The predicted octanol–water partition coefficient (Wildman–Crippen LogP) is 1.95. The van der Waals surface area contributed by atoms with E-state index < -0.39 is 11.9 Å². The van der Waals surface area contributed by atoms with Crippen LogP contribution in [0.15, 0.2) is 23.6 Å². The molecule has 9 heteroatoms. The molecule has 0 amide bonds. The lowest BCUT2D eigenvalue weighted by Crippen LogP contribution is -2.10. The first kappa shape index (κ1) is 14.8. The van der Waals surface area contributed by atoms with Crippen LogP contribution in [0.25, 0.3) is 11.3 Å². The number of hydrogen-bond acceptors (Lipinski definition) is 5. The van der Waals surface area contributed by atoms with Crippen LogP contribution in [0.2, 0.25) is 0 Å². The lowest BCUT2D eigenvalue weighted by Gasteiger charge is -2.09. The average molecular weight is 303 g/mol. The van der Waals surface area contributed by atoms with Crippen LogP contribution in [0.1, 0.15) is 5.69 Å². The van der Waals surface area contributed by atoms with Crippen molar-refractivity contribution in [2.45, 2.75) is 11.3 Å². The van der Waals surface area contributed by atoms with E-state index >= 15 is 0 Å². The molecular formula is C11H12F3N5S. The maximum atomic E-state index is 12.8. The summed E-state index contributed by atoms with van der Waals surface area (Å²) in [6.45, 7) is 0.340. The first-order valence-corrected chi connectivity index (χ1v) is 6.67. The fourth-order valence-electron chi connectivity index (χ4n) is 1.49. The highest BCUT2D eigenvalue weighted by Crippen LogP contribution is 2.31. The number of nitrogens with two attached hydrogens (primary N) is 1. The Bertz CT molecular complexity index is 596. The highest BCUT2D eigenvalue weighted by Gasteiger charge is 2.33. The van der Waals surface area contributed by atoms with Crippen molar-refractivity contribution >= 4 is 11.8 Å². The summed E-state index contributed by atoms with van der Waals surface area (Å²) >= 11 is 1.09. The minimum absolute atomic E-state index is 0.0594. The largest absolute Gasteiger partial charge is 0.433 e. The monoisotopic (exact) mass is 303 g/mol. The molecule has 0 fully saturated rings. The molecule has 2 heterocycles. The molecule has 0 atom stereocenters. The van der Waals surface area contributed by atoms with Gasteiger partial charge in [-0.05, 0) is 6.07 Å². The van der Waals surface area contributed by atoms with Crippen molar-refractivity contribution in [3.8, 4) is 11.3 Å². The summed E-state index contributed by atoms with van der Waals surface area (Å²) in [7, 11) is 1.68. The van der Waals surface area contributed by atoms with Gasteiger partial charge in [0.25, 0.3) is 0 Å². The lowest BCUT2D eigenvalue weighted by atomic mass is 10.2. The molecule has 0 aliphatic rings. The van der Waals surface area contributed by atoms with Crippen molar-refractivity contribution in [1.82, 2.24) is 19.7 Å². The molecule has 0 aliphatic heterocycles. The Morgan fingerprint density at radius 3 is 2.65 bits per heavy atom. The number of nitrogens with zero attached hydrogens (tertiary/aromatic N) is 4. The molecule has 2 N–H and O–H groups in total. The molecule has 0 spiro atoms. The van der Waals surface area contributed by atoms with Crippen molar-refractivity contribution in [3.05, 3.63) is 24.2 Å². The first-order chi connectivity index (χ1) is 9.40. The predicted molar refractivity (Wildman–Crippen MR) is 69.0 cm³/mol. The molecule has 2 rings (SSSR count). The van der Waals surface area contributed by atoms with Gasteiger partial charge in [0.1, 0.15) is 5.69 Å². The zero-order chi connectivity index (χ0) is 14.8. The van der Waals surface area contributed by atoms with Gasteiger partial charge in [0.15, 0.2) is 5.16 Å². The summed E-state index contributed by atoms with van der Waals surface area (Å²) in [5.74, 6) is 0.452. The van der Waals surface area contributed by atoms with Gasteiger partial charge >= 0.3 is 6.18 Å². The van der Waals surface area contributed by atoms with Crippen LogP contribution in [0.5, 0.6) is 0 Å². The first-order valence-electron chi connectivity index (χ1n) is 5.68. The minimum atomic E-state index is -4.52. The van der Waals surface area contributed by atoms with Crippen LogP contribution >= 0.6 is 11.8 Å². The Balaban J connectivity index is 2.45. The van der Waals surface area contributed by atoms with E-state index in [-0.39, 0.29) is 10.9 Å². The zero-order valence-corrected chi connectivity index (χ0v) is 11.4. The highest BCUT2D eigenvalue weighted by molar-refractivity contribution is 7.99. The van der Waals surface area contributed by atoms with Gasteiger partial charge in [-0.3, -0.25) is 4.68 Å². The number of halogens is 3. The second-order valence-corrected chi connectivity index (χ2v) is 5.02. The van der Waals surface area contributed by atoms with Crippen molar-refractivity contribution in [3.63, 3.8) is 0 Å². The normalized spacial score (nSPS) is 11.8. The van der Waals surface area contributed by atoms with Crippen molar-refractivity contribution in [2.24, 2.45) is 12.8 Å². The topological polar surface area (TPSA) is 69.6 Å². The molecule has 0 bridgehead atoms. The molecule has 0 aliphatic carbocycles. The van der Waals surface area contributed by atoms with Gasteiger partial charge in [-0.15, -0.1) is 0 Å². The van der Waals surface area contributed by atoms with E-state index in [4.69, 9.17) is 5.73 Å². The Kier molecular flexibility index (Phi) is 4.29. The van der Waals surface area contributed by atoms with Gasteiger partial charge in [0.05, 0.1) is 11.9 Å². The van der Waals surface area contributed by atoms with E-state index in [1.807, 2.05) is 0 Å². The third-order valence-electron chi connectivity index (χ3n) is 2.35. The molecule has 0 aromatic carbocycles. The average Bonchev–Trinajstić information content (AvgIpc) is 2.82. The Hall–Kier alpha value is -1.61. The van der Waals surface area contributed by atoms with E-state index in [2.05, 4.69) is 15.1 Å². The van der Waals surface area contributed by atoms with E-state index in [1.165, 1.54) is 10.9 Å². The van der Waals surface area contributed by atoms with E-state index in [1.54, 1.807) is 13.2 Å². The van der Waals surface area contributed by atoms with Gasteiger partial charge in [-0.25, -0.2) is 9.97 Å². The zero-order valence-electron chi connectivity index (χ0n) is 10.6. The molecule has 5 nitrogen and oxygen atoms in total. The second kappa shape index (κ2) is 5.80. The molecule has 0 saturated carbocycles. The maximum Gasteiger partial charge on any atom is 0.433 e. The molecular weight excluding hydrogens is 291 g/mol. The summed E-state index contributed by atoms with van der Waals surface area (Å²) in [5.41, 5.74) is 5.08. The molecule has 0 saturated heterocycles. The molecule has 0 radical (unpaired) electrons. The molecule has 20 heavy (non-hydrogen) atoms. The van der Waals surface area contributed by atoms with E-state index in [0.29, 0.717) is 17.9 Å². The minimum Gasteiger partial charge on any atom is -0.330 e. The van der Waals surface area contributed by atoms with Crippen molar-refractivity contribution in [2.75, 3.05) is 12.3 Å².